The van der Waals surface area contributed by atoms with Crippen molar-refractivity contribution in [2.75, 3.05) is 10.6 Å². The second-order valence-corrected chi connectivity index (χ2v) is 7.19. The normalized spacial score (nSPS) is 11.0. The Bertz CT molecular complexity index is 1090. The van der Waals surface area contributed by atoms with E-state index in [1.165, 1.54) is 0 Å². The maximum atomic E-state index is 12.6. The number of imidazole rings is 1. The third-order valence-corrected chi connectivity index (χ3v) is 4.74. The molecule has 1 heterocycles. The lowest BCUT2D eigenvalue weighted by atomic mass is 10.2. The molecule has 0 saturated heterocycles. The van der Waals surface area contributed by atoms with Gasteiger partial charge in [0.2, 0.25) is 11.8 Å². The van der Waals surface area contributed by atoms with Crippen molar-refractivity contribution in [3.8, 4) is 0 Å². The smallest absolute Gasteiger partial charge is 0.326 e. The number of benzene rings is 2. The molecule has 2 amide bonds. The van der Waals surface area contributed by atoms with Gasteiger partial charge in [-0.05, 0) is 37.3 Å². The number of amides is 2. The van der Waals surface area contributed by atoms with Crippen LogP contribution in [0.25, 0.3) is 11.0 Å². The number of anilines is 2. The van der Waals surface area contributed by atoms with E-state index >= 15 is 0 Å². The molecule has 0 unspecified atom stereocenters. The van der Waals surface area contributed by atoms with Crippen molar-refractivity contribution in [2.45, 2.75) is 40.3 Å². The largest absolute Gasteiger partial charge is 0.329 e. The zero-order valence-corrected chi connectivity index (χ0v) is 16.9. The Kier molecular flexibility index (Phi) is 6.16. The molecule has 3 aromatic rings. The van der Waals surface area contributed by atoms with Gasteiger partial charge in [0.25, 0.3) is 0 Å². The zero-order chi connectivity index (χ0) is 21.0. The van der Waals surface area contributed by atoms with Gasteiger partial charge >= 0.3 is 5.69 Å². The lowest BCUT2D eigenvalue weighted by Crippen LogP contribution is -2.25. The summed E-state index contributed by atoms with van der Waals surface area (Å²) >= 11 is 0. The highest BCUT2D eigenvalue weighted by Gasteiger charge is 2.13. The minimum absolute atomic E-state index is 0.0832. The van der Waals surface area contributed by atoms with E-state index in [1.807, 2.05) is 45.0 Å². The van der Waals surface area contributed by atoms with Crippen LogP contribution in [-0.2, 0) is 22.7 Å². The molecule has 152 valence electrons. The lowest BCUT2D eigenvalue weighted by Gasteiger charge is -2.10. The summed E-state index contributed by atoms with van der Waals surface area (Å²) in [6.07, 6.45) is 0.167. The number of hydrogen-bond acceptors (Lipinski definition) is 3. The van der Waals surface area contributed by atoms with Crippen molar-refractivity contribution >= 4 is 34.2 Å². The molecule has 3 rings (SSSR count). The van der Waals surface area contributed by atoms with E-state index in [0.29, 0.717) is 24.5 Å². The number of aromatic nitrogens is 2. The average Bonchev–Trinajstić information content (AvgIpc) is 2.97. The highest BCUT2D eigenvalue weighted by atomic mass is 16.2. The molecule has 0 aliphatic carbocycles. The Morgan fingerprint density at radius 3 is 2.17 bits per heavy atom. The lowest BCUT2D eigenvalue weighted by molar-refractivity contribution is -0.119. The Balaban J connectivity index is 1.68. The predicted molar refractivity (Wildman–Crippen MR) is 115 cm³/mol. The van der Waals surface area contributed by atoms with Gasteiger partial charge in [0.05, 0.1) is 11.0 Å². The Morgan fingerprint density at radius 2 is 1.55 bits per heavy atom. The summed E-state index contributed by atoms with van der Waals surface area (Å²) in [7, 11) is 0. The fraction of sp³-hybridized carbons (Fsp3) is 0.318. The molecule has 0 radical (unpaired) electrons. The third kappa shape index (κ3) is 4.56. The maximum absolute atomic E-state index is 12.6. The topological polar surface area (TPSA) is 85.1 Å². The number of fused-ring (bicyclic) bond motifs is 1. The zero-order valence-electron chi connectivity index (χ0n) is 16.9. The monoisotopic (exact) mass is 394 g/mol. The van der Waals surface area contributed by atoms with Gasteiger partial charge in [0, 0.05) is 36.8 Å². The molecule has 0 aliphatic rings. The van der Waals surface area contributed by atoms with Crippen molar-refractivity contribution in [3.63, 3.8) is 0 Å². The first-order chi connectivity index (χ1) is 13.9. The van der Waals surface area contributed by atoms with Gasteiger partial charge in [-0.3, -0.25) is 18.7 Å². The van der Waals surface area contributed by atoms with Crippen LogP contribution in [0.2, 0.25) is 0 Å². The molecule has 0 aliphatic heterocycles. The van der Waals surface area contributed by atoms with Crippen molar-refractivity contribution in [3.05, 3.63) is 59.0 Å². The third-order valence-electron chi connectivity index (χ3n) is 4.74. The summed E-state index contributed by atoms with van der Waals surface area (Å²) in [5, 5.41) is 5.64. The number of rotatable bonds is 7. The molecule has 2 aromatic carbocycles. The van der Waals surface area contributed by atoms with E-state index in [1.54, 1.807) is 33.4 Å². The van der Waals surface area contributed by atoms with Gasteiger partial charge in [0.15, 0.2) is 0 Å². The summed E-state index contributed by atoms with van der Waals surface area (Å²) in [4.78, 5) is 36.9. The number of aryl methyl sites for hydroxylation is 2. The number of hydrogen-bond donors (Lipinski definition) is 2. The van der Waals surface area contributed by atoms with Gasteiger partial charge in [-0.25, -0.2) is 4.79 Å². The first kappa shape index (κ1) is 20.4. The van der Waals surface area contributed by atoms with Crippen molar-refractivity contribution in [2.24, 2.45) is 5.92 Å². The van der Waals surface area contributed by atoms with E-state index in [-0.39, 0.29) is 29.8 Å². The number of carbonyl (C=O) groups excluding carboxylic acids is 2. The van der Waals surface area contributed by atoms with Crippen LogP contribution in [0.5, 0.6) is 0 Å². The molecule has 2 N–H and O–H groups in total. The fourth-order valence-electron chi connectivity index (χ4n) is 3.19. The van der Waals surface area contributed by atoms with E-state index in [0.717, 1.165) is 11.0 Å². The van der Waals surface area contributed by atoms with E-state index in [4.69, 9.17) is 0 Å². The minimum Gasteiger partial charge on any atom is -0.326 e. The standard InChI is InChI=1S/C22H26N4O3/c1-4-25-18-10-5-6-11-19(18)26(22(25)29)13-12-20(27)23-16-8-7-9-17(14-16)24-21(28)15(2)3/h5-11,14-15H,4,12-13H2,1-3H3,(H,23,27)(H,24,28). The summed E-state index contributed by atoms with van der Waals surface area (Å²) in [5.74, 6) is -0.408. The van der Waals surface area contributed by atoms with Crippen LogP contribution >= 0.6 is 0 Å². The number of para-hydroxylation sites is 2. The SMILES string of the molecule is CCn1c(=O)n(CCC(=O)Nc2cccc(NC(=O)C(C)C)c2)c2ccccc21. The predicted octanol–water partition coefficient (Wildman–Crippen LogP) is 3.45. The molecule has 1 aromatic heterocycles. The molecule has 0 bridgehead atoms. The fourth-order valence-corrected chi connectivity index (χ4v) is 3.19. The summed E-state index contributed by atoms with van der Waals surface area (Å²) in [6.45, 7) is 6.43. The van der Waals surface area contributed by atoms with Crippen molar-refractivity contribution in [1.29, 1.82) is 0 Å². The van der Waals surface area contributed by atoms with Crippen LogP contribution in [0.15, 0.2) is 53.3 Å². The molecule has 29 heavy (non-hydrogen) atoms. The van der Waals surface area contributed by atoms with Gasteiger partial charge in [-0.2, -0.15) is 0 Å². The van der Waals surface area contributed by atoms with Crippen LogP contribution in [-0.4, -0.2) is 20.9 Å². The van der Waals surface area contributed by atoms with E-state index in [2.05, 4.69) is 10.6 Å². The number of nitrogens with one attached hydrogen (secondary N) is 2. The van der Waals surface area contributed by atoms with E-state index < -0.39 is 0 Å². The summed E-state index contributed by atoms with van der Waals surface area (Å²) < 4.78 is 3.34. The van der Waals surface area contributed by atoms with Crippen LogP contribution < -0.4 is 16.3 Å². The number of nitrogens with zero attached hydrogens (tertiary/aromatic N) is 2. The quantitative estimate of drug-likeness (QED) is 0.644. The second kappa shape index (κ2) is 8.77. The van der Waals surface area contributed by atoms with Gasteiger partial charge < -0.3 is 10.6 Å². The van der Waals surface area contributed by atoms with Crippen LogP contribution in [0.1, 0.15) is 27.2 Å². The van der Waals surface area contributed by atoms with Gasteiger partial charge in [0.1, 0.15) is 0 Å². The molecular formula is C22H26N4O3. The van der Waals surface area contributed by atoms with Crippen molar-refractivity contribution in [1.82, 2.24) is 9.13 Å². The average molecular weight is 394 g/mol. The van der Waals surface area contributed by atoms with Gasteiger partial charge in [-0.15, -0.1) is 0 Å². The highest BCUT2D eigenvalue weighted by molar-refractivity contribution is 5.94. The molecule has 0 fully saturated rings. The van der Waals surface area contributed by atoms with Crippen LogP contribution in [0.4, 0.5) is 11.4 Å². The molecule has 7 heteroatoms. The molecular weight excluding hydrogens is 368 g/mol. The van der Waals surface area contributed by atoms with Crippen molar-refractivity contribution < 1.29 is 9.59 Å². The van der Waals surface area contributed by atoms with Crippen LogP contribution in [0, 0.1) is 5.92 Å². The Labute approximate surface area is 169 Å². The molecule has 7 nitrogen and oxygen atoms in total. The summed E-state index contributed by atoms with van der Waals surface area (Å²) in [6, 6.07) is 14.6. The Hall–Kier alpha value is -3.35. The first-order valence-corrected chi connectivity index (χ1v) is 9.79. The molecule has 0 saturated carbocycles. The van der Waals surface area contributed by atoms with Gasteiger partial charge in [-0.1, -0.05) is 32.0 Å². The minimum atomic E-state index is -0.197. The number of carbonyl (C=O) groups is 2. The molecule has 0 atom stereocenters. The highest BCUT2D eigenvalue weighted by Crippen LogP contribution is 2.17. The molecule has 0 spiro atoms. The van der Waals surface area contributed by atoms with Crippen LogP contribution in [0.3, 0.4) is 0 Å². The Morgan fingerprint density at radius 1 is 0.931 bits per heavy atom. The summed E-state index contributed by atoms with van der Waals surface area (Å²) in [5.41, 5.74) is 2.81. The van der Waals surface area contributed by atoms with E-state index in [9.17, 15) is 14.4 Å². The first-order valence-electron chi connectivity index (χ1n) is 9.79. The second-order valence-electron chi connectivity index (χ2n) is 7.19. The maximum Gasteiger partial charge on any atom is 0.329 e.